The minimum Gasteiger partial charge on any atom is -0.273 e. The summed E-state index contributed by atoms with van der Waals surface area (Å²) < 4.78 is 0. The molecule has 1 heterocycles. The number of amides is 3. The van der Waals surface area contributed by atoms with Crippen LogP contribution in [0.3, 0.4) is 0 Å². The van der Waals surface area contributed by atoms with Crippen LogP contribution in [0.25, 0.3) is 0 Å². The first-order chi connectivity index (χ1) is 10.1. The van der Waals surface area contributed by atoms with E-state index in [9.17, 15) is 14.4 Å². The summed E-state index contributed by atoms with van der Waals surface area (Å²) in [6, 6.07) is 6.65. The van der Waals surface area contributed by atoms with Crippen LogP contribution in [0.4, 0.5) is 0 Å². The standard InChI is InChI=1S/C16H16N2O3/c19-14(13-8-9-5-6-10(13)7-9)17-18-15(20)11-3-1-2-4-12(11)16(18)21/h1-4,9-10,13H,5-8H2,(H,17,19)/t9-,10+,13+/m0/s1. The first-order valence-corrected chi connectivity index (χ1v) is 7.43. The maximum absolute atomic E-state index is 12.4. The second-order valence-corrected chi connectivity index (χ2v) is 6.25. The number of hydrazine groups is 1. The number of imide groups is 1. The van der Waals surface area contributed by atoms with Gasteiger partial charge in [-0.15, -0.1) is 0 Å². The van der Waals surface area contributed by atoms with Crippen molar-refractivity contribution < 1.29 is 14.4 Å². The fourth-order valence-electron chi connectivity index (χ4n) is 4.05. The van der Waals surface area contributed by atoms with Gasteiger partial charge in [0.05, 0.1) is 11.1 Å². The van der Waals surface area contributed by atoms with E-state index in [1.807, 2.05) is 0 Å². The summed E-state index contributed by atoms with van der Waals surface area (Å²) in [7, 11) is 0. The molecule has 3 amide bonds. The SMILES string of the molecule is O=C(NN1C(=O)c2ccccc2C1=O)[C@@H]1C[C@H]2CC[C@@H]1C2. The van der Waals surface area contributed by atoms with Gasteiger partial charge >= 0.3 is 0 Å². The van der Waals surface area contributed by atoms with Gasteiger partial charge in [0.15, 0.2) is 0 Å². The molecule has 2 bridgehead atoms. The molecule has 21 heavy (non-hydrogen) atoms. The van der Waals surface area contributed by atoms with Crippen molar-refractivity contribution in [2.45, 2.75) is 25.7 Å². The molecule has 3 atom stereocenters. The monoisotopic (exact) mass is 284 g/mol. The minimum atomic E-state index is -0.438. The highest BCUT2D eigenvalue weighted by Gasteiger charge is 2.45. The van der Waals surface area contributed by atoms with E-state index in [0.717, 1.165) is 24.3 Å². The Kier molecular flexibility index (Phi) is 2.64. The van der Waals surface area contributed by atoms with E-state index >= 15 is 0 Å². The van der Waals surface area contributed by atoms with E-state index in [4.69, 9.17) is 0 Å². The van der Waals surface area contributed by atoms with Crippen molar-refractivity contribution in [3.63, 3.8) is 0 Å². The van der Waals surface area contributed by atoms with Crippen molar-refractivity contribution in [1.82, 2.24) is 10.4 Å². The van der Waals surface area contributed by atoms with Crippen molar-refractivity contribution in [2.24, 2.45) is 17.8 Å². The highest BCUT2D eigenvalue weighted by atomic mass is 16.2. The molecule has 108 valence electrons. The summed E-state index contributed by atoms with van der Waals surface area (Å²) in [5.41, 5.74) is 3.26. The topological polar surface area (TPSA) is 66.5 Å². The summed E-state index contributed by atoms with van der Waals surface area (Å²) in [5, 5.41) is 0.874. The van der Waals surface area contributed by atoms with Gasteiger partial charge in [0, 0.05) is 5.92 Å². The van der Waals surface area contributed by atoms with E-state index in [-0.39, 0.29) is 11.8 Å². The van der Waals surface area contributed by atoms with E-state index in [0.29, 0.717) is 23.0 Å². The molecule has 0 saturated heterocycles. The predicted molar refractivity (Wildman–Crippen MR) is 74.0 cm³/mol. The summed E-state index contributed by atoms with van der Waals surface area (Å²) in [6.45, 7) is 0. The lowest BCUT2D eigenvalue weighted by Crippen LogP contribution is -2.48. The molecule has 0 unspecified atom stereocenters. The van der Waals surface area contributed by atoms with Gasteiger partial charge in [-0.05, 0) is 43.2 Å². The van der Waals surface area contributed by atoms with Gasteiger partial charge < -0.3 is 0 Å². The van der Waals surface area contributed by atoms with Crippen LogP contribution in [0.5, 0.6) is 0 Å². The first-order valence-electron chi connectivity index (χ1n) is 7.43. The molecular formula is C16H16N2O3. The third-order valence-corrected chi connectivity index (χ3v) is 5.09. The van der Waals surface area contributed by atoms with Crippen LogP contribution in [-0.4, -0.2) is 22.7 Å². The molecule has 2 aliphatic carbocycles. The Morgan fingerprint density at radius 1 is 1.05 bits per heavy atom. The number of benzene rings is 1. The molecule has 1 N–H and O–H groups in total. The fraction of sp³-hybridized carbons (Fsp3) is 0.438. The Morgan fingerprint density at radius 3 is 2.24 bits per heavy atom. The van der Waals surface area contributed by atoms with Gasteiger partial charge in [-0.3, -0.25) is 19.8 Å². The van der Waals surface area contributed by atoms with Gasteiger partial charge in [-0.1, -0.05) is 18.6 Å². The van der Waals surface area contributed by atoms with Gasteiger partial charge in [0.25, 0.3) is 11.8 Å². The molecule has 0 aromatic heterocycles. The number of hydrogen-bond donors (Lipinski definition) is 1. The van der Waals surface area contributed by atoms with Crippen LogP contribution in [0.15, 0.2) is 24.3 Å². The average molecular weight is 284 g/mol. The zero-order chi connectivity index (χ0) is 14.6. The third kappa shape index (κ3) is 1.80. The van der Waals surface area contributed by atoms with E-state index in [1.165, 1.54) is 6.42 Å². The highest BCUT2D eigenvalue weighted by Crippen LogP contribution is 2.48. The molecule has 2 saturated carbocycles. The predicted octanol–water partition coefficient (Wildman–Crippen LogP) is 1.75. The number of carbonyl (C=O) groups excluding carboxylic acids is 3. The molecule has 1 aliphatic heterocycles. The van der Waals surface area contributed by atoms with Crippen LogP contribution in [0.2, 0.25) is 0 Å². The molecular weight excluding hydrogens is 268 g/mol. The number of nitrogens with one attached hydrogen (secondary N) is 1. The number of fused-ring (bicyclic) bond motifs is 3. The molecule has 0 spiro atoms. The smallest absolute Gasteiger partial charge is 0.273 e. The van der Waals surface area contributed by atoms with Crippen molar-refractivity contribution in [2.75, 3.05) is 0 Å². The largest absolute Gasteiger partial charge is 0.280 e. The van der Waals surface area contributed by atoms with Crippen molar-refractivity contribution in [3.05, 3.63) is 35.4 Å². The normalized spacial score (nSPS) is 29.9. The Balaban J connectivity index is 1.52. The lowest BCUT2D eigenvalue weighted by atomic mass is 9.88. The van der Waals surface area contributed by atoms with Gasteiger partial charge in [-0.2, -0.15) is 5.01 Å². The molecule has 4 rings (SSSR count). The number of carbonyl (C=O) groups is 3. The van der Waals surface area contributed by atoms with E-state index in [1.54, 1.807) is 24.3 Å². The van der Waals surface area contributed by atoms with Gasteiger partial charge in [-0.25, -0.2) is 0 Å². The minimum absolute atomic E-state index is 0.0481. The second kappa shape index (κ2) is 4.41. The van der Waals surface area contributed by atoms with Gasteiger partial charge in [0.1, 0.15) is 0 Å². The maximum atomic E-state index is 12.4. The lowest BCUT2D eigenvalue weighted by Gasteiger charge is -2.23. The molecule has 5 heteroatoms. The Hall–Kier alpha value is -2.17. The summed E-state index contributed by atoms with van der Waals surface area (Å²) >= 11 is 0. The fourth-order valence-corrected chi connectivity index (χ4v) is 4.05. The molecule has 3 aliphatic rings. The maximum Gasteiger partial charge on any atom is 0.280 e. The number of nitrogens with zero attached hydrogens (tertiary/aromatic N) is 1. The second-order valence-electron chi connectivity index (χ2n) is 6.25. The van der Waals surface area contributed by atoms with E-state index < -0.39 is 11.8 Å². The lowest BCUT2D eigenvalue weighted by molar-refractivity contribution is -0.129. The zero-order valence-corrected chi connectivity index (χ0v) is 11.5. The summed E-state index contributed by atoms with van der Waals surface area (Å²) in [5.74, 6) is -0.0397. The molecule has 1 aromatic rings. The summed E-state index contributed by atoms with van der Waals surface area (Å²) in [4.78, 5) is 36.8. The first kappa shape index (κ1) is 12.6. The van der Waals surface area contributed by atoms with Crippen LogP contribution in [-0.2, 0) is 4.79 Å². The third-order valence-electron chi connectivity index (χ3n) is 5.09. The molecule has 1 aromatic carbocycles. The van der Waals surface area contributed by atoms with Crippen molar-refractivity contribution in [1.29, 1.82) is 0 Å². The highest BCUT2D eigenvalue weighted by molar-refractivity contribution is 6.21. The van der Waals surface area contributed by atoms with Gasteiger partial charge in [0.2, 0.25) is 5.91 Å². The van der Waals surface area contributed by atoms with Crippen LogP contribution < -0.4 is 5.43 Å². The quantitative estimate of drug-likeness (QED) is 0.841. The zero-order valence-electron chi connectivity index (χ0n) is 11.5. The number of hydrogen-bond acceptors (Lipinski definition) is 3. The van der Waals surface area contributed by atoms with Crippen molar-refractivity contribution >= 4 is 17.7 Å². The molecule has 5 nitrogen and oxygen atoms in total. The molecule has 0 radical (unpaired) electrons. The average Bonchev–Trinajstić information content (AvgIpc) is 3.18. The van der Waals surface area contributed by atoms with Crippen LogP contribution >= 0.6 is 0 Å². The Morgan fingerprint density at radius 2 is 1.71 bits per heavy atom. The molecule has 2 fully saturated rings. The van der Waals surface area contributed by atoms with Crippen LogP contribution in [0, 0.1) is 17.8 Å². The Bertz CT molecular complexity index is 620. The number of rotatable bonds is 2. The Labute approximate surface area is 122 Å². The summed E-state index contributed by atoms with van der Waals surface area (Å²) in [6.07, 6.45) is 4.30. The van der Waals surface area contributed by atoms with Crippen LogP contribution in [0.1, 0.15) is 46.4 Å². The van der Waals surface area contributed by atoms with E-state index in [2.05, 4.69) is 5.43 Å². The van der Waals surface area contributed by atoms with Crippen molar-refractivity contribution in [3.8, 4) is 0 Å².